The maximum absolute atomic E-state index is 4.23. The number of thiazole rings is 1. The highest BCUT2D eigenvalue weighted by atomic mass is 35.5. The normalized spacial score (nSPS) is 16.5. The molecule has 0 bridgehead atoms. The summed E-state index contributed by atoms with van der Waals surface area (Å²) >= 11 is 1.71. The first kappa shape index (κ1) is 10.7. The Labute approximate surface area is 88.5 Å². The molecule has 2 heterocycles. The van der Waals surface area contributed by atoms with E-state index in [9.17, 15) is 0 Å². The average Bonchev–Trinajstić information content (AvgIpc) is 2.59. The fraction of sp³-hybridized carbons (Fsp3) is 0.444. The van der Waals surface area contributed by atoms with Gasteiger partial charge in [0.1, 0.15) is 5.01 Å². The molecule has 0 saturated carbocycles. The molecule has 1 aromatic rings. The van der Waals surface area contributed by atoms with Crippen LogP contribution in [0, 0.1) is 0 Å². The predicted octanol–water partition coefficient (Wildman–Crippen LogP) is 2.33. The van der Waals surface area contributed by atoms with Gasteiger partial charge in [-0.05, 0) is 32.0 Å². The summed E-state index contributed by atoms with van der Waals surface area (Å²) in [5, 5.41) is 6.50. The number of nitrogens with one attached hydrogen (secondary N) is 1. The second-order valence-electron chi connectivity index (χ2n) is 2.92. The molecular formula is C9H13ClN2S. The quantitative estimate of drug-likeness (QED) is 0.780. The molecular weight excluding hydrogens is 204 g/mol. The summed E-state index contributed by atoms with van der Waals surface area (Å²) in [5.74, 6) is 0. The molecule has 1 saturated heterocycles. The number of hydrogen-bond donors (Lipinski definition) is 1. The third-order valence-corrected chi connectivity index (χ3v) is 2.75. The summed E-state index contributed by atoms with van der Waals surface area (Å²) in [6, 6.07) is 0. The zero-order valence-corrected chi connectivity index (χ0v) is 8.96. The van der Waals surface area contributed by atoms with Gasteiger partial charge in [0.2, 0.25) is 0 Å². The van der Waals surface area contributed by atoms with Crippen molar-refractivity contribution in [3.05, 3.63) is 22.2 Å². The summed E-state index contributed by atoms with van der Waals surface area (Å²) in [4.78, 5) is 4.23. The second kappa shape index (κ2) is 5.37. The van der Waals surface area contributed by atoms with Crippen LogP contribution in [0.4, 0.5) is 0 Å². The maximum atomic E-state index is 4.23. The monoisotopic (exact) mass is 216 g/mol. The number of piperidine rings is 1. The summed E-state index contributed by atoms with van der Waals surface area (Å²) in [6.07, 6.45) is 6.45. The van der Waals surface area contributed by atoms with Gasteiger partial charge >= 0.3 is 0 Å². The Bertz CT molecular complexity index is 261. The summed E-state index contributed by atoms with van der Waals surface area (Å²) in [5.41, 5.74) is 1.53. The SMILES string of the molecule is C(=C1CCNCC1)c1nccs1.Cl. The minimum absolute atomic E-state index is 0. The Balaban J connectivity index is 0.000000845. The summed E-state index contributed by atoms with van der Waals surface area (Å²) < 4.78 is 0. The number of rotatable bonds is 1. The highest BCUT2D eigenvalue weighted by Crippen LogP contribution is 2.16. The Morgan fingerprint density at radius 2 is 2.15 bits per heavy atom. The molecule has 1 aromatic heterocycles. The number of nitrogens with zero attached hydrogens (tertiary/aromatic N) is 1. The van der Waals surface area contributed by atoms with Gasteiger partial charge in [0.05, 0.1) is 0 Å². The number of hydrogen-bond acceptors (Lipinski definition) is 3. The molecule has 0 aliphatic carbocycles. The van der Waals surface area contributed by atoms with Gasteiger partial charge in [-0.25, -0.2) is 4.98 Å². The van der Waals surface area contributed by atoms with Gasteiger partial charge in [-0.15, -0.1) is 23.7 Å². The Morgan fingerprint density at radius 1 is 1.38 bits per heavy atom. The molecule has 1 aliphatic rings. The standard InChI is InChI=1S/C9H12N2S.ClH/c1-3-10-4-2-8(1)7-9-11-5-6-12-9;/h5-7,10H,1-4H2;1H. The summed E-state index contributed by atoms with van der Waals surface area (Å²) in [6.45, 7) is 2.24. The molecule has 0 radical (unpaired) electrons. The highest BCUT2D eigenvalue weighted by Gasteiger charge is 2.04. The topological polar surface area (TPSA) is 24.9 Å². The first-order valence-corrected chi connectivity index (χ1v) is 5.13. The van der Waals surface area contributed by atoms with E-state index in [2.05, 4.69) is 16.4 Å². The van der Waals surface area contributed by atoms with Gasteiger partial charge < -0.3 is 5.32 Å². The lowest BCUT2D eigenvalue weighted by molar-refractivity contribution is 0.613. The molecule has 72 valence electrons. The van der Waals surface area contributed by atoms with Crippen LogP contribution >= 0.6 is 23.7 Å². The number of halogens is 1. The van der Waals surface area contributed by atoms with Crippen LogP contribution in [0.1, 0.15) is 17.8 Å². The van der Waals surface area contributed by atoms with Crippen molar-refractivity contribution >= 4 is 29.8 Å². The largest absolute Gasteiger partial charge is 0.316 e. The van der Waals surface area contributed by atoms with Crippen molar-refractivity contribution in [3.8, 4) is 0 Å². The number of aromatic nitrogens is 1. The van der Waals surface area contributed by atoms with Crippen LogP contribution < -0.4 is 5.32 Å². The zero-order valence-electron chi connectivity index (χ0n) is 7.32. The van der Waals surface area contributed by atoms with Crippen molar-refractivity contribution < 1.29 is 0 Å². The van der Waals surface area contributed by atoms with Crippen LogP contribution in [0.3, 0.4) is 0 Å². The first-order valence-electron chi connectivity index (χ1n) is 4.25. The molecule has 1 aliphatic heterocycles. The van der Waals surface area contributed by atoms with Crippen molar-refractivity contribution in [2.75, 3.05) is 13.1 Å². The lowest BCUT2D eigenvalue weighted by atomic mass is 10.1. The van der Waals surface area contributed by atoms with Crippen LogP contribution in [0.5, 0.6) is 0 Å². The van der Waals surface area contributed by atoms with Crippen molar-refractivity contribution in [2.24, 2.45) is 0 Å². The third-order valence-electron chi connectivity index (χ3n) is 2.02. The molecule has 13 heavy (non-hydrogen) atoms. The smallest absolute Gasteiger partial charge is 0.115 e. The molecule has 1 N–H and O–H groups in total. The van der Waals surface area contributed by atoms with E-state index in [1.165, 1.54) is 18.4 Å². The molecule has 0 atom stereocenters. The molecule has 0 amide bonds. The molecule has 1 fully saturated rings. The van der Waals surface area contributed by atoms with Crippen molar-refractivity contribution in [2.45, 2.75) is 12.8 Å². The van der Waals surface area contributed by atoms with Gasteiger partial charge in [0, 0.05) is 11.6 Å². The first-order chi connectivity index (χ1) is 5.95. The lowest BCUT2D eigenvalue weighted by Gasteiger charge is -2.14. The minimum atomic E-state index is 0. The lowest BCUT2D eigenvalue weighted by Crippen LogP contribution is -2.22. The zero-order chi connectivity index (χ0) is 8.23. The highest BCUT2D eigenvalue weighted by molar-refractivity contribution is 7.10. The van der Waals surface area contributed by atoms with Gasteiger partial charge in [0.25, 0.3) is 0 Å². The summed E-state index contributed by atoms with van der Waals surface area (Å²) in [7, 11) is 0. The van der Waals surface area contributed by atoms with Gasteiger partial charge in [-0.1, -0.05) is 5.57 Å². The van der Waals surface area contributed by atoms with Gasteiger partial charge in [0.15, 0.2) is 0 Å². The van der Waals surface area contributed by atoms with Crippen molar-refractivity contribution in [1.82, 2.24) is 10.3 Å². The fourth-order valence-electron chi connectivity index (χ4n) is 1.37. The predicted molar refractivity (Wildman–Crippen MR) is 59.4 cm³/mol. The average molecular weight is 217 g/mol. The molecule has 0 unspecified atom stereocenters. The van der Waals surface area contributed by atoms with E-state index in [1.54, 1.807) is 11.3 Å². The maximum Gasteiger partial charge on any atom is 0.115 e. The van der Waals surface area contributed by atoms with Crippen LogP contribution in [0.15, 0.2) is 17.2 Å². The molecule has 2 nitrogen and oxygen atoms in total. The van der Waals surface area contributed by atoms with E-state index in [-0.39, 0.29) is 12.4 Å². The minimum Gasteiger partial charge on any atom is -0.316 e. The van der Waals surface area contributed by atoms with E-state index < -0.39 is 0 Å². The van der Waals surface area contributed by atoms with E-state index in [4.69, 9.17) is 0 Å². The van der Waals surface area contributed by atoms with E-state index in [0.717, 1.165) is 18.1 Å². The molecule has 0 aromatic carbocycles. The van der Waals surface area contributed by atoms with E-state index >= 15 is 0 Å². The third kappa shape index (κ3) is 3.10. The van der Waals surface area contributed by atoms with E-state index in [1.807, 2.05) is 11.6 Å². The van der Waals surface area contributed by atoms with Gasteiger partial charge in [-0.2, -0.15) is 0 Å². The molecule has 0 spiro atoms. The van der Waals surface area contributed by atoms with E-state index in [0.29, 0.717) is 0 Å². The molecule has 2 rings (SSSR count). The van der Waals surface area contributed by atoms with Crippen LogP contribution in [-0.2, 0) is 0 Å². The Kier molecular flexibility index (Phi) is 4.42. The van der Waals surface area contributed by atoms with Crippen LogP contribution in [-0.4, -0.2) is 18.1 Å². The van der Waals surface area contributed by atoms with Crippen molar-refractivity contribution in [3.63, 3.8) is 0 Å². The molecule has 4 heteroatoms. The second-order valence-corrected chi connectivity index (χ2v) is 3.85. The Hall–Kier alpha value is -0.380. The van der Waals surface area contributed by atoms with Crippen LogP contribution in [0.2, 0.25) is 0 Å². The van der Waals surface area contributed by atoms with Gasteiger partial charge in [-0.3, -0.25) is 0 Å². The van der Waals surface area contributed by atoms with Crippen LogP contribution in [0.25, 0.3) is 6.08 Å². The fourth-order valence-corrected chi connectivity index (χ4v) is 1.99. The van der Waals surface area contributed by atoms with Crippen molar-refractivity contribution in [1.29, 1.82) is 0 Å². The Morgan fingerprint density at radius 3 is 2.77 bits per heavy atom.